The summed E-state index contributed by atoms with van der Waals surface area (Å²) in [5.74, 6) is -11.3. The van der Waals surface area contributed by atoms with Crippen LogP contribution in [0.4, 0.5) is 43.9 Å². The SMILES string of the molecule is C=C(C)C(=O)OCC(F)(F)C(F)(F)F.OCC(F)(F)C(F)(F)F. The summed E-state index contributed by atoms with van der Waals surface area (Å²) in [6.45, 7) is -0.0733. The highest BCUT2D eigenvalue weighted by Gasteiger charge is 2.58. The fourth-order valence-corrected chi connectivity index (χ4v) is 0.451. The Morgan fingerprint density at radius 1 is 0.913 bits per heavy atom. The molecular formula is C10H10F10O3. The minimum atomic E-state index is -5.72. The highest BCUT2D eigenvalue weighted by atomic mass is 19.4. The fourth-order valence-electron chi connectivity index (χ4n) is 0.451. The van der Waals surface area contributed by atoms with Gasteiger partial charge in [0.1, 0.15) is 6.61 Å². The smallest absolute Gasteiger partial charge is 0.456 e. The molecule has 0 saturated heterocycles. The first-order valence-corrected chi connectivity index (χ1v) is 5.21. The number of aliphatic hydroxyl groups excluding tert-OH is 1. The maximum absolute atomic E-state index is 12.1. The van der Waals surface area contributed by atoms with E-state index in [2.05, 4.69) is 11.3 Å². The van der Waals surface area contributed by atoms with Crippen LogP contribution < -0.4 is 0 Å². The Labute approximate surface area is 122 Å². The van der Waals surface area contributed by atoms with Crippen LogP contribution in [0.15, 0.2) is 12.2 Å². The Morgan fingerprint density at radius 3 is 1.43 bits per heavy atom. The van der Waals surface area contributed by atoms with Crippen LogP contribution in [-0.2, 0) is 9.53 Å². The van der Waals surface area contributed by atoms with Crippen LogP contribution >= 0.6 is 0 Å². The van der Waals surface area contributed by atoms with E-state index in [-0.39, 0.29) is 5.57 Å². The Morgan fingerprint density at radius 2 is 1.26 bits per heavy atom. The second-order valence-corrected chi connectivity index (χ2v) is 3.92. The summed E-state index contributed by atoms with van der Waals surface area (Å²) in [6, 6.07) is 0. The molecule has 0 aliphatic carbocycles. The number of hydrogen-bond acceptors (Lipinski definition) is 3. The monoisotopic (exact) mass is 368 g/mol. The Bertz CT molecular complexity index is 410. The summed E-state index contributed by atoms with van der Waals surface area (Å²) >= 11 is 0. The standard InChI is InChI=1S/C7H7F5O2.C3H3F5O/c1-4(2)5(13)14-3-6(8,9)7(10,11)12;4-2(5,1-9)3(6,7)8/h1,3H2,2H3;9H,1H2. The molecule has 13 heteroatoms. The molecular weight excluding hydrogens is 358 g/mol. The molecule has 0 aliphatic heterocycles. The van der Waals surface area contributed by atoms with Crippen molar-refractivity contribution in [2.45, 2.75) is 31.1 Å². The van der Waals surface area contributed by atoms with Gasteiger partial charge >= 0.3 is 30.2 Å². The number of halogens is 10. The molecule has 0 aliphatic rings. The second kappa shape index (κ2) is 7.84. The minimum Gasteiger partial charge on any atom is -0.456 e. The second-order valence-electron chi connectivity index (χ2n) is 3.92. The lowest BCUT2D eigenvalue weighted by molar-refractivity contribution is -0.293. The molecule has 1 N–H and O–H groups in total. The van der Waals surface area contributed by atoms with Gasteiger partial charge in [-0.3, -0.25) is 0 Å². The number of alkyl halides is 10. The molecule has 0 saturated carbocycles. The minimum absolute atomic E-state index is 0.247. The van der Waals surface area contributed by atoms with Crippen LogP contribution in [0.3, 0.4) is 0 Å². The van der Waals surface area contributed by atoms with Crippen molar-refractivity contribution in [1.29, 1.82) is 0 Å². The number of carbonyl (C=O) groups is 1. The Kier molecular flexibility index (Phi) is 8.08. The van der Waals surface area contributed by atoms with E-state index in [1.807, 2.05) is 0 Å². The van der Waals surface area contributed by atoms with E-state index >= 15 is 0 Å². The number of ether oxygens (including phenoxy) is 1. The van der Waals surface area contributed by atoms with Gasteiger partial charge in [-0.1, -0.05) is 6.58 Å². The van der Waals surface area contributed by atoms with Gasteiger partial charge in [-0.15, -0.1) is 0 Å². The quantitative estimate of drug-likeness (QED) is 0.470. The number of esters is 1. The van der Waals surface area contributed by atoms with Crippen LogP contribution in [0.1, 0.15) is 6.92 Å². The third-order valence-corrected chi connectivity index (χ3v) is 1.76. The zero-order chi connectivity index (χ0) is 19.3. The van der Waals surface area contributed by atoms with Gasteiger partial charge in [0.05, 0.1) is 0 Å². The van der Waals surface area contributed by atoms with Crippen molar-refractivity contribution < 1.29 is 58.5 Å². The van der Waals surface area contributed by atoms with E-state index in [9.17, 15) is 48.7 Å². The molecule has 0 aromatic rings. The molecule has 0 aromatic carbocycles. The van der Waals surface area contributed by atoms with Crippen molar-refractivity contribution in [2.75, 3.05) is 13.2 Å². The molecule has 23 heavy (non-hydrogen) atoms. The molecule has 0 amide bonds. The molecule has 0 atom stereocenters. The summed E-state index contributed by atoms with van der Waals surface area (Å²) in [7, 11) is 0. The van der Waals surface area contributed by atoms with Gasteiger partial charge in [0, 0.05) is 5.57 Å². The van der Waals surface area contributed by atoms with E-state index in [1.165, 1.54) is 0 Å². The van der Waals surface area contributed by atoms with Gasteiger partial charge in [0.2, 0.25) is 0 Å². The van der Waals surface area contributed by atoms with Crippen LogP contribution in [0.25, 0.3) is 0 Å². The predicted octanol–water partition coefficient (Wildman–Crippen LogP) is 3.48. The molecule has 0 bridgehead atoms. The van der Waals surface area contributed by atoms with Gasteiger partial charge in [0.25, 0.3) is 0 Å². The average Bonchev–Trinajstić information content (AvgIpc) is 2.33. The topological polar surface area (TPSA) is 46.5 Å². The van der Waals surface area contributed by atoms with Gasteiger partial charge in [-0.25, -0.2) is 4.79 Å². The van der Waals surface area contributed by atoms with E-state index in [0.717, 1.165) is 6.92 Å². The van der Waals surface area contributed by atoms with E-state index < -0.39 is 43.4 Å². The Balaban J connectivity index is 0. The zero-order valence-electron chi connectivity index (χ0n) is 11.2. The number of hydrogen-bond donors (Lipinski definition) is 1. The molecule has 138 valence electrons. The molecule has 0 rings (SSSR count). The summed E-state index contributed by atoms with van der Waals surface area (Å²) in [6.07, 6.45) is -11.4. The third kappa shape index (κ3) is 8.04. The fraction of sp³-hybridized carbons (Fsp3) is 0.700. The van der Waals surface area contributed by atoms with Crippen molar-refractivity contribution in [3.63, 3.8) is 0 Å². The summed E-state index contributed by atoms with van der Waals surface area (Å²) in [5.41, 5.74) is -0.247. The lowest BCUT2D eigenvalue weighted by atomic mass is 10.3. The normalized spacial score (nSPS) is 13.0. The van der Waals surface area contributed by atoms with Crippen molar-refractivity contribution >= 4 is 5.97 Å². The van der Waals surface area contributed by atoms with Crippen LogP contribution in [-0.4, -0.2) is 48.5 Å². The Hall–Kier alpha value is -1.53. The first-order chi connectivity index (χ1) is 9.89. The maximum atomic E-state index is 12.1. The molecule has 3 nitrogen and oxygen atoms in total. The van der Waals surface area contributed by atoms with Crippen molar-refractivity contribution in [1.82, 2.24) is 0 Å². The van der Waals surface area contributed by atoms with Gasteiger partial charge < -0.3 is 9.84 Å². The molecule has 0 unspecified atom stereocenters. The molecule has 0 heterocycles. The highest BCUT2D eigenvalue weighted by molar-refractivity contribution is 5.86. The number of aliphatic hydroxyl groups is 1. The molecule has 0 aromatic heterocycles. The molecule has 0 radical (unpaired) electrons. The summed E-state index contributed by atoms with van der Waals surface area (Å²) in [4.78, 5) is 10.5. The van der Waals surface area contributed by atoms with Crippen molar-refractivity contribution in [3.05, 3.63) is 12.2 Å². The van der Waals surface area contributed by atoms with Gasteiger partial charge in [0.15, 0.2) is 6.61 Å². The first kappa shape index (κ1) is 23.7. The average molecular weight is 368 g/mol. The lowest BCUT2D eigenvalue weighted by Gasteiger charge is -2.18. The van der Waals surface area contributed by atoms with Gasteiger partial charge in [-0.2, -0.15) is 43.9 Å². The van der Waals surface area contributed by atoms with Crippen molar-refractivity contribution in [3.8, 4) is 0 Å². The lowest BCUT2D eigenvalue weighted by Crippen LogP contribution is -2.41. The first-order valence-electron chi connectivity index (χ1n) is 5.21. The zero-order valence-corrected chi connectivity index (χ0v) is 11.2. The largest absolute Gasteiger partial charge is 0.456 e. The van der Waals surface area contributed by atoms with Gasteiger partial charge in [-0.05, 0) is 6.92 Å². The molecule has 0 fully saturated rings. The van der Waals surface area contributed by atoms with E-state index in [0.29, 0.717) is 0 Å². The summed E-state index contributed by atoms with van der Waals surface area (Å²) < 4.78 is 118. The summed E-state index contributed by atoms with van der Waals surface area (Å²) in [5, 5.41) is 7.46. The van der Waals surface area contributed by atoms with Crippen LogP contribution in [0.5, 0.6) is 0 Å². The third-order valence-electron chi connectivity index (χ3n) is 1.76. The van der Waals surface area contributed by atoms with E-state index in [4.69, 9.17) is 5.11 Å². The predicted molar refractivity (Wildman–Crippen MR) is 54.9 cm³/mol. The van der Waals surface area contributed by atoms with Crippen LogP contribution in [0.2, 0.25) is 0 Å². The van der Waals surface area contributed by atoms with Crippen molar-refractivity contribution in [2.24, 2.45) is 0 Å². The van der Waals surface area contributed by atoms with Crippen LogP contribution in [0, 0.1) is 0 Å². The molecule has 0 spiro atoms. The number of carbonyl (C=O) groups excluding carboxylic acids is 1. The highest BCUT2D eigenvalue weighted by Crippen LogP contribution is 2.35. The number of rotatable bonds is 4. The van der Waals surface area contributed by atoms with E-state index in [1.54, 1.807) is 0 Å². The maximum Gasteiger partial charge on any atom is 0.456 e.